The van der Waals surface area contributed by atoms with Crippen LogP contribution in [0.15, 0.2) is 71.9 Å². The average molecular weight is 477 g/mol. The highest BCUT2D eigenvalue weighted by molar-refractivity contribution is 5.51. The molecule has 2 aliphatic rings. The number of hydrogen-bond donors (Lipinski definition) is 0. The molecule has 1 spiro atoms. The van der Waals surface area contributed by atoms with Crippen LogP contribution in [0, 0.1) is 11.6 Å². The number of nitrogens with zero attached hydrogens (tertiary/aromatic N) is 5. The van der Waals surface area contributed by atoms with Crippen LogP contribution in [0.3, 0.4) is 0 Å². The first kappa shape index (κ1) is 21.5. The number of rotatable bonds is 6. The maximum absolute atomic E-state index is 14.0. The van der Waals surface area contributed by atoms with Gasteiger partial charge in [-0.3, -0.25) is 4.57 Å². The maximum Gasteiger partial charge on any atom is 0.350 e. The molecule has 8 nitrogen and oxygen atoms in total. The number of anilines is 1. The minimum atomic E-state index is -0.712. The van der Waals surface area contributed by atoms with Gasteiger partial charge in [0, 0.05) is 24.4 Å². The monoisotopic (exact) mass is 477 g/mol. The van der Waals surface area contributed by atoms with Crippen LogP contribution < -0.4 is 15.3 Å². The fraction of sp³-hybridized carbons (Fsp3) is 0.240. The summed E-state index contributed by atoms with van der Waals surface area (Å²) in [6.45, 7) is 2.14. The normalized spacial score (nSPS) is 16.1. The predicted molar refractivity (Wildman–Crippen MR) is 123 cm³/mol. The lowest BCUT2D eigenvalue weighted by Gasteiger charge is -2.58. The molecule has 0 aliphatic carbocycles. The summed E-state index contributed by atoms with van der Waals surface area (Å²) >= 11 is 0. The fourth-order valence-corrected chi connectivity index (χ4v) is 4.41. The average Bonchev–Trinajstić information content (AvgIpc) is 3.15. The molecule has 0 amide bonds. The van der Waals surface area contributed by atoms with Crippen molar-refractivity contribution in [3.05, 3.63) is 94.8 Å². The van der Waals surface area contributed by atoms with Gasteiger partial charge in [0.1, 0.15) is 35.3 Å². The van der Waals surface area contributed by atoms with Gasteiger partial charge in [0.25, 0.3) is 0 Å². The van der Waals surface area contributed by atoms with Gasteiger partial charge in [-0.15, -0.1) is 0 Å². The molecule has 0 saturated carbocycles. The Bertz CT molecular complexity index is 1420. The third kappa shape index (κ3) is 3.75. The van der Waals surface area contributed by atoms with Crippen LogP contribution in [-0.4, -0.2) is 44.6 Å². The molecular formula is C25H21F2N5O3. The van der Waals surface area contributed by atoms with Crippen molar-refractivity contribution >= 4 is 5.82 Å². The van der Waals surface area contributed by atoms with E-state index in [0.29, 0.717) is 17.2 Å². The van der Waals surface area contributed by atoms with Crippen LogP contribution in [0.2, 0.25) is 0 Å². The molecule has 178 valence electrons. The first-order valence-corrected chi connectivity index (χ1v) is 11.2. The number of aromatic nitrogens is 4. The maximum atomic E-state index is 14.0. The Morgan fingerprint density at radius 1 is 1.03 bits per heavy atom. The van der Waals surface area contributed by atoms with Crippen molar-refractivity contribution in [1.29, 1.82) is 0 Å². The molecule has 2 aliphatic heterocycles. The van der Waals surface area contributed by atoms with Crippen molar-refractivity contribution in [1.82, 2.24) is 19.3 Å². The molecule has 2 fully saturated rings. The number of benzene rings is 2. The van der Waals surface area contributed by atoms with Crippen molar-refractivity contribution in [2.45, 2.75) is 18.5 Å². The van der Waals surface area contributed by atoms with E-state index in [4.69, 9.17) is 9.47 Å². The van der Waals surface area contributed by atoms with Gasteiger partial charge < -0.3 is 14.4 Å². The van der Waals surface area contributed by atoms with Crippen molar-refractivity contribution in [3.8, 4) is 17.2 Å². The van der Waals surface area contributed by atoms with Crippen molar-refractivity contribution in [3.63, 3.8) is 0 Å². The van der Waals surface area contributed by atoms with E-state index in [-0.39, 0.29) is 17.6 Å². The smallest absolute Gasteiger partial charge is 0.350 e. The van der Waals surface area contributed by atoms with Crippen molar-refractivity contribution in [2.24, 2.45) is 0 Å². The van der Waals surface area contributed by atoms with Gasteiger partial charge in [-0.25, -0.2) is 18.6 Å². The summed E-state index contributed by atoms with van der Waals surface area (Å²) in [5.41, 5.74) is -0.118. The first-order chi connectivity index (χ1) is 17.0. The molecule has 2 aromatic carbocycles. The second kappa shape index (κ2) is 8.31. The summed E-state index contributed by atoms with van der Waals surface area (Å²) in [6.07, 6.45) is 4.08. The Morgan fingerprint density at radius 2 is 1.80 bits per heavy atom. The van der Waals surface area contributed by atoms with E-state index in [9.17, 15) is 13.6 Å². The molecule has 2 aromatic heterocycles. The zero-order chi connectivity index (χ0) is 24.0. The molecule has 0 N–H and O–H groups in total. The van der Waals surface area contributed by atoms with E-state index in [1.807, 2.05) is 6.07 Å². The Morgan fingerprint density at radius 3 is 2.46 bits per heavy atom. The molecule has 6 rings (SSSR count). The van der Waals surface area contributed by atoms with Gasteiger partial charge in [0.2, 0.25) is 0 Å². The second-order valence-corrected chi connectivity index (χ2v) is 8.72. The van der Waals surface area contributed by atoms with E-state index in [1.165, 1.54) is 12.4 Å². The van der Waals surface area contributed by atoms with E-state index in [2.05, 4.69) is 15.0 Å². The fourth-order valence-electron chi connectivity index (χ4n) is 4.41. The van der Waals surface area contributed by atoms with E-state index in [1.54, 1.807) is 36.5 Å². The van der Waals surface area contributed by atoms with Crippen LogP contribution in [0.1, 0.15) is 12.0 Å². The topological polar surface area (TPSA) is 74.4 Å². The zero-order valence-corrected chi connectivity index (χ0v) is 18.6. The second-order valence-electron chi connectivity index (χ2n) is 8.72. The number of hydrogen-bond acceptors (Lipinski definition) is 6. The van der Waals surface area contributed by atoms with E-state index >= 15 is 0 Å². The number of pyridine rings is 1. The molecule has 4 heterocycles. The van der Waals surface area contributed by atoms with Gasteiger partial charge in [0.15, 0.2) is 0 Å². The summed E-state index contributed by atoms with van der Waals surface area (Å²) in [6, 6.07) is 14.1. The van der Waals surface area contributed by atoms with Gasteiger partial charge in [-0.2, -0.15) is 9.78 Å². The molecule has 0 atom stereocenters. The van der Waals surface area contributed by atoms with Gasteiger partial charge in [-0.1, -0.05) is 6.07 Å². The molecular weight excluding hydrogens is 456 g/mol. The molecule has 4 aromatic rings. The van der Waals surface area contributed by atoms with Crippen molar-refractivity contribution < 1.29 is 18.3 Å². The Balaban J connectivity index is 1.18. The van der Waals surface area contributed by atoms with Gasteiger partial charge in [-0.05, 0) is 48.9 Å². The summed E-state index contributed by atoms with van der Waals surface area (Å²) in [5.74, 6) is 0.666. The summed E-state index contributed by atoms with van der Waals surface area (Å²) in [7, 11) is 0. The number of halogens is 2. The zero-order valence-electron chi connectivity index (χ0n) is 18.6. The third-order valence-corrected chi connectivity index (χ3v) is 6.55. The lowest BCUT2D eigenvalue weighted by atomic mass is 9.83. The van der Waals surface area contributed by atoms with Crippen LogP contribution >= 0.6 is 0 Å². The summed E-state index contributed by atoms with van der Waals surface area (Å²) in [5, 5.41) is 4.09. The minimum Gasteiger partial charge on any atom is -0.457 e. The molecule has 0 bridgehead atoms. The molecule has 10 heteroatoms. The third-order valence-electron chi connectivity index (χ3n) is 6.55. The summed E-state index contributed by atoms with van der Waals surface area (Å²) in [4.78, 5) is 19.5. The van der Waals surface area contributed by atoms with E-state index in [0.717, 1.165) is 53.4 Å². The van der Waals surface area contributed by atoms with Crippen LogP contribution in [-0.2, 0) is 11.3 Å². The van der Waals surface area contributed by atoms with Crippen LogP contribution in [0.5, 0.6) is 11.5 Å². The largest absolute Gasteiger partial charge is 0.457 e. The lowest BCUT2D eigenvalue weighted by molar-refractivity contribution is -0.0851. The Hall–Kier alpha value is -4.05. The lowest BCUT2D eigenvalue weighted by Crippen LogP contribution is -2.71. The quantitative estimate of drug-likeness (QED) is 0.423. The molecule has 35 heavy (non-hydrogen) atoms. The Kier molecular flexibility index (Phi) is 5.10. The van der Waals surface area contributed by atoms with Crippen molar-refractivity contribution in [2.75, 3.05) is 24.7 Å². The standard InChI is InChI=1S/C25H21F2N5O3/c26-21-2-1-3-22(27)20(21)13-30-16-29-32(24(30)33)17-4-6-18(7-5-17)35-19-8-10-28-23(12-19)31-11-9-25(31)14-34-15-25/h1-8,10,12,16H,9,11,13-15H2. The highest BCUT2D eigenvalue weighted by atomic mass is 19.1. The first-order valence-electron chi connectivity index (χ1n) is 11.2. The molecule has 0 radical (unpaired) electrons. The minimum absolute atomic E-state index is 0.0853. The molecule has 2 saturated heterocycles. The molecule has 0 unspecified atom stereocenters. The van der Waals surface area contributed by atoms with Gasteiger partial charge in [0.05, 0.1) is 31.0 Å². The Labute approximate surface area is 199 Å². The summed E-state index contributed by atoms with van der Waals surface area (Å²) < 4.78 is 41.6. The van der Waals surface area contributed by atoms with E-state index < -0.39 is 17.3 Å². The number of ether oxygens (including phenoxy) is 2. The van der Waals surface area contributed by atoms with Crippen LogP contribution in [0.25, 0.3) is 5.69 Å². The highest BCUT2D eigenvalue weighted by Gasteiger charge is 2.51. The van der Waals surface area contributed by atoms with Crippen LogP contribution in [0.4, 0.5) is 14.6 Å². The SMILES string of the molecule is O=c1n(Cc2c(F)cccc2F)cnn1-c1ccc(Oc2ccnc(N3CCC34COC4)c2)cc1. The highest BCUT2D eigenvalue weighted by Crippen LogP contribution is 2.41. The van der Waals surface area contributed by atoms with Gasteiger partial charge >= 0.3 is 5.69 Å². The predicted octanol–water partition coefficient (Wildman–Crippen LogP) is 3.53.